The lowest BCUT2D eigenvalue weighted by Gasteiger charge is -2.16. The van der Waals surface area contributed by atoms with Crippen LogP contribution in [0.3, 0.4) is 0 Å². The maximum atomic E-state index is 12.4. The molecule has 0 radical (unpaired) electrons. The lowest BCUT2D eigenvalue weighted by Crippen LogP contribution is -2.30. The Kier molecular flexibility index (Phi) is 4.97. The van der Waals surface area contributed by atoms with Crippen LogP contribution in [0.1, 0.15) is 43.0 Å². The van der Waals surface area contributed by atoms with Gasteiger partial charge in [-0.05, 0) is 35.8 Å². The van der Waals surface area contributed by atoms with Crippen molar-refractivity contribution in [3.8, 4) is 0 Å². The number of carbonyl (C=O) groups excluding carboxylic acids is 1. The van der Waals surface area contributed by atoms with E-state index >= 15 is 0 Å². The van der Waals surface area contributed by atoms with Crippen LogP contribution in [-0.4, -0.2) is 38.9 Å². The first kappa shape index (κ1) is 16.7. The molecule has 1 aromatic heterocycles. The molecule has 0 saturated carbocycles. The fourth-order valence-electron chi connectivity index (χ4n) is 3.34. The molecule has 1 aromatic carbocycles. The maximum absolute atomic E-state index is 12.4. The zero-order valence-corrected chi connectivity index (χ0v) is 14.8. The third-order valence-electron chi connectivity index (χ3n) is 4.95. The van der Waals surface area contributed by atoms with E-state index in [2.05, 4.69) is 48.4 Å². The summed E-state index contributed by atoms with van der Waals surface area (Å²) in [6.45, 7) is 6.15. The van der Waals surface area contributed by atoms with E-state index in [0.717, 1.165) is 31.6 Å². The van der Waals surface area contributed by atoms with Crippen LogP contribution in [0.15, 0.2) is 30.5 Å². The third kappa shape index (κ3) is 3.83. The van der Waals surface area contributed by atoms with Gasteiger partial charge < -0.3 is 4.90 Å². The predicted molar refractivity (Wildman–Crippen MR) is 93.6 cm³/mol. The Balaban J connectivity index is 1.53. The monoisotopic (exact) mass is 326 g/mol. The highest BCUT2D eigenvalue weighted by Gasteiger charge is 2.26. The van der Waals surface area contributed by atoms with E-state index < -0.39 is 0 Å². The van der Waals surface area contributed by atoms with E-state index in [4.69, 9.17) is 0 Å². The summed E-state index contributed by atoms with van der Waals surface area (Å²) in [7, 11) is 1.82. The molecule has 5 nitrogen and oxygen atoms in total. The van der Waals surface area contributed by atoms with Crippen molar-refractivity contribution in [2.24, 2.45) is 13.0 Å². The van der Waals surface area contributed by atoms with Crippen LogP contribution in [0, 0.1) is 5.92 Å². The first-order chi connectivity index (χ1) is 11.5. The molecule has 2 aromatic rings. The highest BCUT2D eigenvalue weighted by molar-refractivity contribution is 5.78. The summed E-state index contributed by atoms with van der Waals surface area (Å²) in [5.41, 5.74) is 3.62. The van der Waals surface area contributed by atoms with Crippen molar-refractivity contribution in [3.63, 3.8) is 0 Å². The standard InChI is InChI=1S/C19H26N4O/c1-14(2)17-6-4-15(5-7-17)10-16-8-9-23(13-16)19(24)11-18-12-20-21-22(18)3/h4-7,12,14,16H,8-11,13H2,1-3H3. The van der Waals surface area contributed by atoms with Crippen LogP contribution in [0.25, 0.3) is 0 Å². The summed E-state index contributed by atoms with van der Waals surface area (Å²) < 4.78 is 1.67. The molecule has 0 bridgehead atoms. The zero-order chi connectivity index (χ0) is 17.1. The smallest absolute Gasteiger partial charge is 0.228 e. The van der Waals surface area contributed by atoms with Crippen LogP contribution < -0.4 is 0 Å². The van der Waals surface area contributed by atoms with E-state index in [9.17, 15) is 4.79 Å². The summed E-state index contributed by atoms with van der Waals surface area (Å²) in [4.78, 5) is 14.4. The fraction of sp³-hybridized carbons (Fsp3) is 0.526. The van der Waals surface area contributed by atoms with Gasteiger partial charge in [0.15, 0.2) is 0 Å². The van der Waals surface area contributed by atoms with Gasteiger partial charge in [0.2, 0.25) is 5.91 Å². The number of amides is 1. The van der Waals surface area contributed by atoms with Crippen LogP contribution in [-0.2, 0) is 24.7 Å². The SMILES string of the molecule is CC(C)c1ccc(CC2CCN(C(=O)Cc3cnnn3C)C2)cc1. The van der Waals surface area contributed by atoms with Crippen LogP contribution in [0.4, 0.5) is 0 Å². The summed E-state index contributed by atoms with van der Waals surface area (Å²) >= 11 is 0. The number of benzene rings is 1. The minimum Gasteiger partial charge on any atom is -0.342 e. The Hall–Kier alpha value is -2.17. The van der Waals surface area contributed by atoms with Crippen molar-refractivity contribution < 1.29 is 4.79 Å². The molecule has 1 fully saturated rings. The molecule has 1 amide bonds. The molecule has 1 unspecified atom stereocenters. The van der Waals surface area contributed by atoms with Crippen molar-refractivity contribution >= 4 is 5.91 Å². The van der Waals surface area contributed by atoms with E-state index in [1.165, 1.54) is 11.1 Å². The second kappa shape index (κ2) is 7.16. The molecular weight excluding hydrogens is 300 g/mol. The van der Waals surface area contributed by atoms with Crippen LogP contribution >= 0.6 is 0 Å². The molecule has 1 saturated heterocycles. The normalized spacial score (nSPS) is 17.7. The summed E-state index contributed by atoms with van der Waals surface area (Å²) in [6, 6.07) is 8.93. The van der Waals surface area contributed by atoms with Gasteiger partial charge in [0.1, 0.15) is 0 Å². The molecule has 0 aliphatic carbocycles. The van der Waals surface area contributed by atoms with Crippen molar-refractivity contribution in [3.05, 3.63) is 47.3 Å². The zero-order valence-electron chi connectivity index (χ0n) is 14.8. The number of rotatable bonds is 5. The summed E-state index contributed by atoms with van der Waals surface area (Å²) in [6.07, 6.45) is 4.19. The molecule has 2 heterocycles. The van der Waals surface area contributed by atoms with Crippen LogP contribution in [0.5, 0.6) is 0 Å². The molecule has 128 valence electrons. The summed E-state index contributed by atoms with van der Waals surface area (Å²) in [5, 5.41) is 7.72. The van der Waals surface area contributed by atoms with Gasteiger partial charge in [0.25, 0.3) is 0 Å². The number of aromatic nitrogens is 3. The Labute approximate surface area is 143 Å². The first-order valence-electron chi connectivity index (χ1n) is 8.73. The van der Waals surface area contributed by atoms with Gasteiger partial charge in [-0.1, -0.05) is 43.3 Å². The maximum Gasteiger partial charge on any atom is 0.228 e. The molecule has 0 spiro atoms. The van der Waals surface area contributed by atoms with Gasteiger partial charge in [-0.2, -0.15) is 0 Å². The minimum absolute atomic E-state index is 0.179. The minimum atomic E-state index is 0.179. The molecule has 3 rings (SSSR count). The van der Waals surface area contributed by atoms with Gasteiger partial charge in [0.05, 0.1) is 18.3 Å². The van der Waals surface area contributed by atoms with Gasteiger partial charge >= 0.3 is 0 Å². The molecule has 1 aliphatic heterocycles. The lowest BCUT2D eigenvalue weighted by molar-refractivity contribution is -0.129. The van der Waals surface area contributed by atoms with Gasteiger partial charge in [0, 0.05) is 20.1 Å². The number of hydrogen-bond donors (Lipinski definition) is 0. The third-order valence-corrected chi connectivity index (χ3v) is 4.95. The van der Waals surface area contributed by atoms with E-state index in [1.807, 2.05) is 11.9 Å². The number of likely N-dealkylation sites (tertiary alicyclic amines) is 1. The fourth-order valence-corrected chi connectivity index (χ4v) is 3.34. The van der Waals surface area contributed by atoms with Crippen molar-refractivity contribution in [1.82, 2.24) is 19.9 Å². The summed E-state index contributed by atoms with van der Waals surface area (Å²) in [5.74, 6) is 1.31. The molecule has 0 N–H and O–H groups in total. The molecular formula is C19H26N4O. The van der Waals surface area contributed by atoms with Crippen molar-refractivity contribution in [1.29, 1.82) is 0 Å². The molecule has 5 heteroatoms. The van der Waals surface area contributed by atoms with Crippen molar-refractivity contribution in [2.45, 2.75) is 39.0 Å². The Morgan fingerprint density at radius 1 is 1.29 bits per heavy atom. The topological polar surface area (TPSA) is 51.0 Å². The largest absolute Gasteiger partial charge is 0.342 e. The number of aryl methyl sites for hydroxylation is 1. The Morgan fingerprint density at radius 2 is 2.04 bits per heavy atom. The molecule has 1 atom stereocenters. The Morgan fingerprint density at radius 3 is 2.67 bits per heavy atom. The van der Waals surface area contributed by atoms with Gasteiger partial charge in [-0.15, -0.1) is 5.10 Å². The first-order valence-corrected chi connectivity index (χ1v) is 8.73. The van der Waals surface area contributed by atoms with Crippen molar-refractivity contribution in [2.75, 3.05) is 13.1 Å². The molecule has 1 aliphatic rings. The highest BCUT2D eigenvalue weighted by Crippen LogP contribution is 2.23. The molecule has 24 heavy (non-hydrogen) atoms. The number of nitrogens with zero attached hydrogens (tertiary/aromatic N) is 4. The van der Waals surface area contributed by atoms with E-state index in [1.54, 1.807) is 10.9 Å². The average Bonchev–Trinajstić information content (AvgIpc) is 3.18. The van der Waals surface area contributed by atoms with Crippen LogP contribution in [0.2, 0.25) is 0 Å². The lowest BCUT2D eigenvalue weighted by atomic mass is 9.96. The van der Waals surface area contributed by atoms with E-state index in [0.29, 0.717) is 18.3 Å². The van der Waals surface area contributed by atoms with Gasteiger partial charge in [-0.3, -0.25) is 9.48 Å². The Bertz CT molecular complexity index is 690. The second-order valence-corrected chi connectivity index (χ2v) is 7.12. The number of hydrogen-bond acceptors (Lipinski definition) is 3. The quantitative estimate of drug-likeness (QED) is 0.848. The van der Waals surface area contributed by atoms with E-state index in [-0.39, 0.29) is 5.91 Å². The second-order valence-electron chi connectivity index (χ2n) is 7.12. The highest BCUT2D eigenvalue weighted by atomic mass is 16.2. The average molecular weight is 326 g/mol. The predicted octanol–water partition coefficient (Wildman–Crippen LogP) is 2.57. The van der Waals surface area contributed by atoms with Gasteiger partial charge in [-0.25, -0.2) is 0 Å². The number of carbonyl (C=O) groups is 1.